The maximum atomic E-state index is 4.46. The molecule has 0 saturated heterocycles. The lowest BCUT2D eigenvalue weighted by Crippen LogP contribution is -2.24. The van der Waals surface area contributed by atoms with Crippen molar-refractivity contribution < 1.29 is 0 Å². The lowest BCUT2D eigenvalue weighted by molar-refractivity contribution is 0.763. The van der Waals surface area contributed by atoms with Crippen LogP contribution in [0.1, 0.15) is 19.5 Å². The Morgan fingerprint density at radius 2 is 2.07 bits per heavy atom. The summed E-state index contributed by atoms with van der Waals surface area (Å²) in [5, 5.41) is 3.08. The SMILES string of the molecule is CCN(CC)c1nccc(CNC)n1. The van der Waals surface area contributed by atoms with E-state index in [2.05, 4.69) is 34.0 Å². The zero-order valence-corrected chi connectivity index (χ0v) is 9.12. The summed E-state index contributed by atoms with van der Waals surface area (Å²) in [6, 6.07) is 1.93. The molecule has 0 spiro atoms. The van der Waals surface area contributed by atoms with E-state index < -0.39 is 0 Å². The lowest BCUT2D eigenvalue weighted by atomic mass is 10.4. The van der Waals surface area contributed by atoms with Crippen LogP contribution in [0.3, 0.4) is 0 Å². The molecule has 1 aromatic heterocycles. The first kappa shape index (κ1) is 10.9. The van der Waals surface area contributed by atoms with Gasteiger partial charge in [0.05, 0.1) is 5.69 Å². The average molecular weight is 194 g/mol. The van der Waals surface area contributed by atoms with Crippen molar-refractivity contribution in [2.75, 3.05) is 25.0 Å². The molecule has 0 aliphatic heterocycles. The Bertz CT molecular complexity index is 271. The second-order valence-corrected chi connectivity index (χ2v) is 3.05. The van der Waals surface area contributed by atoms with Gasteiger partial charge in [-0.1, -0.05) is 0 Å². The van der Waals surface area contributed by atoms with E-state index in [0.29, 0.717) is 0 Å². The number of nitrogens with one attached hydrogen (secondary N) is 1. The highest BCUT2D eigenvalue weighted by Gasteiger charge is 2.04. The lowest BCUT2D eigenvalue weighted by Gasteiger charge is -2.18. The first-order valence-electron chi connectivity index (χ1n) is 5.03. The van der Waals surface area contributed by atoms with Crippen LogP contribution in [0.4, 0.5) is 5.95 Å². The van der Waals surface area contributed by atoms with E-state index in [1.807, 2.05) is 19.3 Å². The average Bonchev–Trinajstić information content (AvgIpc) is 2.21. The second-order valence-electron chi connectivity index (χ2n) is 3.05. The maximum absolute atomic E-state index is 4.46. The highest BCUT2D eigenvalue weighted by atomic mass is 15.2. The third-order valence-electron chi connectivity index (χ3n) is 2.10. The zero-order valence-electron chi connectivity index (χ0n) is 9.12. The van der Waals surface area contributed by atoms with E-state index in [0.717, 1.165) is 31.3 Å². The molecule has 0 fully saturated rings. The Hall–Kier alpha value is -1.16. The minimum atomic E-state index is 0.788. The van der Waals surface area contributed by atoms with Gasteiger partial charge in [-0.15, -0.1) is 0 Å². The standard InChI is InChI=1S/C10H18N4/c1-4-14(5-2)10-12-7-6-9(13-10)8-11-3/h6-7,11H,4-5,8H2,1-3H3. The maximum Gasteiger partial charge on any atom is 0.225 e. The Balaban J connectivity index is 2.81. The summed E-state index contributed by atoms with van der Waals surface area (Å²) in [6.45, 7) is 6.89. The summed E-state index contributed by atoms with van der Waals surface area (Å²) in [4.78, 5) is 10.8. The summed E-state index contributed by atoms with van der Waals surface area (Å²) >= 11 is 0. The van der Waals surface area contributed by atoms with E-state index in [4.69, 9.17) is 0 Å². The highest BCUT2D eigenvalue weighted by Crippen LogP contribution is 2.06. The van der Waals surface area contributed by atoms with Gasteiger partial charge < -0.3 is 10.2 Å². The second kappa shape index (κ2) is 5.54. The molecule has 1 heterocycles. The van der Waals surface area contributed by atoms with Crippen LogP contribution in [0.2, 0.25) is 0 Å². The number of hydrogen-bond acceptors (Lipinski definition) is 4. The van der Waals surface area contributed by atoms with Crippen molar-refractivity contribution in [3.63, 3.8) is 0 Å². The minimum absolute atomic E-state index is 0.788. The van der Waals surface area contributed by atoms with Gasteiger partial charge in [-0.05, 0) is 27.0 Å². The number of aromatic nitrogens is 2. The Morgan fingerprint density at radius 3 is 2.64 bits per heavy atom. The fraction of sp³-hybridized carbons (Fsp3) is 0.600. The molecule has 0 saturated carbocycles. The molecule has 0 unspecified atom stereocenters. The summed E-state index contributed by atoms with van der Waals surface area (Å²) in [5.74, 6) is 0.822. The quantitative estimate of drug-likeness (QED) is 0.760. The Kier molecular flexibility index (Phi) is 4.32. The van der Waals surface area contributed by atoms with Crippen LogP contribution in [-0.4, -0.2) is 30.1 Å². The predicted molar refractivity (Wildman–Crippen MR) is 58.4 cm³/mol. The molecule has 0 aliphatic rings. The van der Waals surface area contributed by atoms with E-state index >= 15 is 0 Å². The van der Waals surface area contributed by atoms with Gasteiger partial charge in [0.2, 0.25) is 5.95 Å². The van der Waals surface area contributed by atoms with Gasteiger partial charge in [-0.3, -0.25) is 0 Å². The topological polar surface area (TPSA) is 41.1 Å². The molecule has 0 aliphatic carbocycles. The largest absolute Gasteiger partial charge is 0.341 e. The van der Waals surface area contributed by atoms with Crippen LogP contribution in [-0.2, 0) is 6.54 Å². The van der Waals surface area contributed by atoms with Crippen LogP contribution >= 0.6 is 0 Å². The van der Waals surface area contributed by atoms with Crippen molar-refractivity contribution in [2.45, 2.75) is 20.4 Å². The minimum Gasteiger partial charge on any atom is -0.341 e. The first-order valence-corrected chi connectivity index (χ1v) is 5.03. The van der Waals surface area contributed by atoms with Crippen molar-refractivity contribution in [1.82, 2.24) is 15.3 Å². The molecular weight excluding hydrogens is 176 g/mol. The van der Waals surface area contributed by atoms with Gasteiger partial charge >= 0.3 is 0 Å². The van der Waals surface area contributed by atoms with Gasteiger partial charge in [0.1, 0.15) is 0 Å². The van der Waals surface area contributed by atoms with Crippen LogP contribution in [0.15, 0.2) is 12.3 Å². The highest BCUT2D eigenvalue weighted by molar-refractivity contribution is 5.29. The van der Waals surface area contributed by atoms with Crippen molar-refractivity contribution in [1.29, 1.82) is 0 Å². The van der Waals surface area contributed by atoms with Crippen molar-refractivity contribution in [3.05, 3.63) is 18.0 Å². The van der Waals surface area contributed by atoms with E-state index in [1.54, 1.807) is 0 Å². The zero-order chi connectivity index (χ0) is 10.4. The molecule has 1 aromatic rings. The van der Waals surface area contributed by atoms with E-state index in [9.17, 15) is 0 Å². The monoisotopic (exact) mass is 194 g/mol. The molecule has 0 aromatic carbocycles. The number of anilines is 1. The van der Waals surface area contributed by atoms with Crippen molar-refractivity contribution in [3.8, 4) is 0 Å². The fourth-order valence-corrected chi connectivity index (χ4v) is 1.32. The molecule has 4 nitrogen and oxygen atoms in total. The molecule has 1 rings (SSSR count). The molecule has 1 N–H and O–H groups in total. The summed E-state index contributed by atoms with van der Waals surface area (Å²) < 4.78 is 0. The predicted octanol–water partition coefficient (Wildman–Crippen LogP) is 1.04. The smallest absolute Gasteiger partial charge is 0.225 e. The summed E-state index contributed by atoms with van der Waals surface area (Å²) in [5.41, 5.74) is 1.03. The molecule has 0 atom stereocenters. The van der Waals surface area contributed by atoms with Crippen LogP contribution in [0.25, 0.3) is 0 Å². The molecule has 0 bridgehead atoms. The van der Waals surface area contributed by atoms with Crippen LogP contribution in [0, 0.1) is 0 Å². The molecule has 14 heavy (non-hydrogen) atoms. The third-order valence-corrected chi connectivity index (χ3v) is 2.10. The number of nitrogens with zero attached hydrogens (tertiary/aromatic N) is 3. The molecule has 4 heteroatoms. The van der Waals surface area contributed by atoms with Gasteiger partial charge in [-0.25, -0.2) is 9.97 Å². The normalized spacial score (nSPS) is 10.2. The first-order chi connectivity index (χ1) is 6.81. The molecular formula is C10H18N4. The van der Waals surface area contributed by atoms with Crippen LogP contribution in [0.5, 0.6) is 0 Å². The number of hydrogen-bond donors (Lipinski definition) is 1. The van der Waals surface area contributed by atoms with Crippen molar-refractivity contribution >= 4 is 5.95 Å². The molecule has 0 radical (unpaired) electrons. The summed E-state index contributed by atoms with van der Waals surface area (Å²) in [6.07, 6.45) is 1.81. The summed E-state index contributed by atoms with van der Waals surface area (Å²) in [7, 11) is 1.92. The number of rotatable bonds is 5. The van der Waals surface area contributed by atoms with Gasteiger partial charge in [0.25, 0.3) is 0 Å². The Morgan fingerprint density at radius 1 is 1.36 bits per heavy atom. The Labute approximate surface area is 85.4 Å². The van der Waals surface area contributed by atoms with Gasteiger partial charge in [0.15, 0.2) is 0 Å². The fourth-order valence-electron chi connectivity index (χ4n) is 1.32. The van der Waals surface area contributed by atoms with E-state index in [-0.39, 0.29) is 0 Å². The van der Waals surface area contributed by atoms with Gasteiger partial charge in [-0.2, -0.15) is 0 Å². The molecule has 78 valence electrons. The van der Waals surface area contributed by atoms with Gasteiger partial charge in [0, 0.05) is 25.8 Å². The third kappa shape index (κ3) is 2.67. The van der Waals surface area contributed by atoms with Crippen LogP contribution < -0.4 is 10.2 Å². The molecule has 0 amide bonds. The van der Waals surface area contributed by atoms with Crippen molar-refractivity contribution in [2.24, 2.45) is 0 Å². The van der Waals surface area contributed by atoms with E-state index in [1.165, 1.54) is 0 Å².